The van der Waals surface area contributed by atoms with Crippen LogP contribution in [0.3, 0.4) is 0 Å². The molecule has 0 saturated heterocycles. The molecule has 0 saturated carbocycles. The van der Waals surface area contributed by atoms with Crippen LogP contribution in [0, 0.1) is 0 Å². The molecule has 0 N–H and O–H groups in total. The molecule has 0 atom stereocenters. The summed E-state index contributed by atoms with van der Waals surface area (Å²) in [6, 6.07) is 0. The van der Waals surface area contributed by atoms with E-state index in [1.54, 1.807) is 0 Å². The van der Waals surface area contributed by atoms with Crippen molar-refractivity contribution in [3.8, 4) is 0 Å². The van der Waals surface area contributed by atoms with Gasteiger partial charge in [-0.2, -0.15) is 11.8 Å². The Balaban J connectivity index is 0.00000301. The zero-order valence-corrected chi connectivity index (χ0v) is 18.9. The second-order valence-electron chi connectivity index (χ2n) is 6.77. The highest BCUT2D eigenvalue weighted by molar-refractivity contribution is 7.99. The lowest BCUT2D eigenvalue weighted by Crippen LogP contribution is -2.02. The minimum Gasteiger partial charge on any atom is -0.466 e. The average Bonchev–Trinajstić information content (AvgIpc) is 2.95. The number of thioether (sulfide) groups is 1. The summed E-state index contributed by atoms with van der Waals surface area (Å²) in [7, 11) is 1.44. The van der Waals surface area contributed by atoms with E-state index in [0.29, 0.717) is 6.42 Å². The zero-order valence-electron chi connectivity index (χ0n) is 18.1. The number of hydrogen-bond acceptors (Lipinski definition) is 3. The smallest absolute Gasteiger partial charge is 0.334 e. The maximum Gasteiger partial charge on any atom is 0.334 e. The number of esters is 1. The molecule has 1 rings (SSSR count). The summed E-state index contributed by atoms with van der Waals surface area (Å²) in [5, 5.41) is 0. The Morgan fingerprint density at radius 1 is 1.15 bits per heavy atom. The summed E-state index contributed by atoms with van der Waals surface area (Å²) in [6.45, 7) is 20.9. The molecule has 1 aliphatic rings. The second kappa shape index (κ2) is 12.0. The van der Waals surface area contributed by atoms with Gasteiger partial charge in [0.2, 0.25) is 0 Å². The van der Waals surface area contributed by atoms with Crippen LogP contribution in [0.5, 0.6) is 0 Å². The van der Waals surface area contributed by atoms with Gasteiger partial charge in [0.25, 0.3) is 0 Å². The first-order chi connectivity index (χ1) is 12.2. The molecule has 0 aromatic rings. The first-order valence-electron chi connectivity index (χ1n) is 9.24. The van der Waals surface area contributed by atoms with E-state index in [1.165, 1.54) is 40.5 Å². The van der Waals surface area contributed by atoms with E-state index in [4.69, 9.17) is 4.74 Å². The third-order valence-electron chi connectivity index (χ3n) is 4.14. The van der Waals surface area contributed by atoms with Gasteiger partial charge in [0.15, 0.2) is 0 Å². The van der Waals surface area contributed by atoms with Gasteiger partial charge in [-0.3, -0.25) is 0 Å². The number of methoxy groups -OCH3 is 1. The van der Waals surface area contributed by atoms with Crippen molar-refractivity contribution in [2.24, 2.45) is 0 Å². The lowest BCUT2D eigenvalue weighted by Gasteiger charge is -2.17. The lowest BCUT2D eigenvalue weighted by molar-refractivity contribution is -0.136. The van der Waals surface area contributed by atoms with E-state index in [9.17, 15) is 4.79 Å². The minimum atomic E-state index is -0.214. The monoisotopic (exact) mass is 376 g/mol. The molecule has 0 heterocycles. The quantitative estimate of drug-likeness (QED) is 0.360. The van der Waals surface area contributed by atoms with Crippen LogP contribution in [0.25, 0.3) is 0 Å². The fraction of sp³-hybridized carbons (Fsp3) is 0.522. The molecule has 3 heteroatoms. The van der Waals surface area contributed by atoms with Crippen molar-refractivity contribution in [2.45, 2.75) is 61.8 Å². The third-order valence-corrected chi connectivity index (χ3v) is 5.14. The van der Waals surface area contributed by atoms with Gasteiger partial charge in [0, 0.05) is 23.5 Å². The van der Waals surface area contributed by atoms with E-state index in [1.807, 2.05) is 31.7 Å². The van der Waals surface area contributed by atoms with Gasteiger partial charge >= 0.3 is 5.97 Å². The number of carbonyl (C=O) groups is 1. The summed E-state index contributed by atoms with van der Waals surface area (Å²) in [5.74, 6) is 1.65. The van der Waals surface area contributed by atoms with Crippen LogP contribution in [-0.2, 0) is 9.53 Å². The van der Waals surface area contributed by atoms with Crippen molar-refractivity contribution in [2.75, 3.05) is 18.6 Å². The highest BCUT2D eigenvalue weighted by Crippen LogP contribution is 2.31. The minimum absolute atomic E-state index is 0.214. The van der Waals surface area contributed by atoms with Crippen LogP contribution < -0.4 is 0 Å². The Labute approximate surface area is 165 Å². The average molecular weight is 377 g/mol. The molecule has 0 unspecified atom stereocenters. The van der Waals surface area contributed by atoms with E-state index < -0.39 is 0 Å². The molecule has 0 aromatic carbocycles. The van der Waals surface area contributed by atoms with Crippen molar-refractivity contribution >= 4 is 17.7 Å². The van der Waals surface area contributed by atoms with Crippen LogP contribution in [0.1, 0.15) is 61.8 Å². The first-order valence-corrected chi connectivity index (χ1v) is 10.4. The Hall–Kier alpha value is -1.48. The van der Waals surface area contributed by atoms with Crippen LogP contribution in [0.4, 0.5) is 0 Å². The van der Waals surface area contributed by atoms with Gasteiger partial charge in [-0.05, 0) is 64.3 Å². The molecule has 146 valence electrons. The van der Waals surface area contributed by atoms with Crippen molar-refractivity contribution in [1.29, 1.82) is 0 Å². The summed E-state index contributed by atoms with van der Waals surface area (Å²) < 4.78 is 4.83. The van der Waals surface area contributed by atoms with Crippen molar-refractivity contribution in [3.63, 3.8) is 0 Å². The summed E-state index contributed by atoms with van der Waals surface area (Å²) in [4.78, 5) is 11.7. The van der Waals surface area contributed by atoms with E-state index in [-0.39, 0.29) is 5.97 Å². The van der Waals surface area contributed by atoms with E-state index >= 15 is 0 Å². The Morgan fingerprint density at radius 2 is 1.73 bits per heavy atom. The molecule has 1 aliphatic carbocycles. The fourth-order valence-electron chi connectivity index (χ4n) is 2.93. The number of allylic oxidation sites excluding steroid dienone is 6. The summed E-state index contributed by atoms with van der Waals surface area (Å²) >= 11 is 1.89. The topological polar surface area (TPSA) is 26.3 Å². The van der Waals surface area contributed by atoms with Gasteiger partial charge in [0.1, 0.15) is 0 Å². The van der Waals surface area contributed by atoms with Crippen molar-refractivity contribution in [1.82, 2.24) is 0 Å². The molecular formula is C23H36O2S. The summed E-state index contributed by atoms with van der Waals surface area (Å²) in [5.41, 5.74) is 9.72. The Kier molecular flexibility index (Phi) is 11.3. The maximum atomic E-state index is 11.7. The van der Waals surface area contributed by atoms with Crippen molar-refractivity contribution in [3.05, 3.63) is 57.2 Å². The molecule has 0 fully saturated rings. The maximum absolute atomic E-state index is 11.7. The predicted molar refractivity (Wildman–Crippen MR) is 118 cm³/mol. The molecular weight excluding hydrogens is 340 g/mol. The highest BCUT2D eigenvalue weighted by Gasteiger charge is 2.19. The first kappa shape index (κ1) is 24.5. The molecule has 0 spiro atoms. The molecule has 26 heavy (non-hydrogen) atoms. The largest absolute Gasteiger partial charge is 0.466 e. The van der Waals surface area contributed by atoms with Gasteiger partial charge in [-0.1, -0.05) is 42.7 Å². The van der Waals surface area contributed by atoms with Crippen molar-refractivity contribution < 1.29 is 9.53 Å². The predicted octanol–water partition coefficient (Wildman–Crippen LogP) is 6.81. The van der Waals surface area contributed by atoms with Crippen LogP contribution in [-0.4, -0.2) is 24.6 Å². The highest BCUT2D eigenvalue weighted by atomic mass is 32.2. The molecule has 0 aliphatic heterocycles. The lowest BCUT2D eigenvalue weighted by atomic mass is 9.94. The Bertz CT molecular complexity index is 650. The Morgan fingerprint density at radius 3 is 2.15 bits per heavy atom. The number of ether oxygens (including phenoxy) is 1. The molecule has 0 amide bonds. The van der Waals surface area contributed by atoms with Gasteiger partial charge in [-0.15, -0.1) is 0 Å². The fourth-order valence-corrected chi connectivity index (χ4v) is 4.22. The third kappa shape index (κ3) is 7.03. The van der Waals surface area contributed by atoms with Gasteiger partial charge in [-0.25, -0.2) is 4.79 Å². The standard InChI is InChI=1S/C21H30O2S.C2H6/c1-13(2)19(20(14(3)4)15(5)6)12-24-11-18-10-17(9-16(18)7)21(22)23-8;1-2/h10H,3,9,11-12H2,1-2,4-8H3;1-2H3. The van der Waals surface area contributed by atoms with Crippen LogP contribution >= 0.6 is 11.8 Å². The number of rotatable bonds is 7. The zero-order chi connectivity index (χ0) is 20.4. The van der Waals surface area contributed by atoms with Crippen LogP contribution in [0.15, 0.2) is 57.2 Å². The van der Waals surface area contributed by atoms with Crippen LogP contribution in [0.2, 0.25) is 0 Å². The SMILES string of the molecule is C=C(C)C(=C(C)C)C(CSCC1=C(C)CC(C(=O)OC)=C1)=C(C)C.CC. The van der Waals surface area contributed by atoms with Gasteiger partial charge < -0.3 is 4.74 Å². The normalized spacial score (nSPS) is 12.7. The number of hydrogen-bond donors (Lipinski definition) is 0. The van der Waals surface area contributed by atoms with E-state index in [2.05, 4.69) is 48.1 Å². The van der Waals surface area contributed by atoms with E-state index in [0.717, 1.165) is 22.7 Å². The molecule has 2 nitrogen and oxygen atoms in total. The number of carbonyl (C=O) groups excluding carboxylic acids is 1. The molecule has 0 aromatic heterocycles. The van der Waals surface area contributed by atoms with Gasteiger partial charge in [0.05, 0.1) is 7.11 Å². The molecule has 0 bridgehead atoms. The second-order valence-corrected chi connectivity index (χ2v) is 7.76. The summed E-state index contributed by atoms with van der Waals surface area (Å²) in [6.07, 6.45) is 2.71. The molecule has 0 radical (unpaired) electrons.